The van der Waals surface area contributed by atoms with Gasteiger partial charge in [-0.25, -0.2) is 0 Å². The predicted octanol–water partition coefficient (Wildman–Crippen LogP) is 4.35. The molecule has 1 fully saturated rings. The van der Waals surface area contributed by atoms with E-state index in [0.29, 0.717) is 45.7 Å². The van der Waals surface area contributed by atoms with Crippen molar-refractivity contribution in [2.24, 2.45) is 0 Å². The van der Waals surface area contributed by atoms with Gasteiger partial charge in [0.1, 0.15) is 5.01 Å². The van der Waals surface area contributed by atoms with E-state index in [-0.39, 0.29) is 11.7 Å². The molecule has 1 aliphatic rings. The number of nitrogens with zero attached hydrogens (tertiary/aromatic N) is 5. The smallest absolute Gasteiger partial charge is 0.236 e. The second kappa shape index (κ2) is 8.75. The molecule has 9 nitrogen and oxygen atoms in total. The number of methoxy groups -OCH3 is 1. The Labute approximate surface area is 191 Å². The number of ether oxygens (including phenoxy) is 1. The van der Waals surface area contributed by atoms with Crippen LogP contribution in [0.15, 0.2) is 46.5 Å². The molecule has 0 aliphatic heterocycles. The number of rotatable bonds is 9. The van der Waals surface area contributed by atoms with Crippen LogP contribution in [-0.4, -0.2) is 43.7 Å². The fraction of sp³-hybridized carbons (Fsp3) is 0.286. The maximum Gasteiger partial charge on any atom is 0.236 e. The largest absolute Gasteiger partial charge is 0.493 e. The average molecular weight is 469 g/mol. The van der Waals surface area contributed by atoms with Crippen molar-refractivity contribution in [3.63, 3.8) is 0 Å². The van der Waals surface area contributed by atoms with E-state index < -0.39 is 0 Å². The summed E-state index contributed by atoms with van der Waals surface area (Å²) in [6.07, 6.45) is 4.05. The van der Waals surface area contributed by atoms with Crippen LogP contribution in [0.25, 0.3) is 22.6 Å². The van der Waals surface area contributed by atoms with Crippen molar-refractivity contribution in [1.82, 2.24) is 25.0 Å². The number of thioether (sulfide) groups is 1. The summed E-state index contributed by atoms with van der Waals surface area (Å²) in [6, 6.07) is 7.59. The van der Waals surface area contributed by atoms with Gasteiger partial charge in [0, 0.05) is 17.8 Å². The number of furan rings is 1. The van der Waals surface area contributed by atoms with E-state index in [1.165, 1.54) is 23.1 Å². The lowest BCUT2D eigenvalue weighted by atomic mass is 10.2. The summed E-state index contributed by atoms with van der Waals surface area (Å²) in [5, 5.41) is 22.6. The van der Waals surface area contributed by atoms with Crippen molar-refractivity contribution < 1.29 is 13.9 Å². The molecular weight excluding hydrogens is 448 g/mol. The monoisotopic (exact) mass is 468 g/mol. The second-order valence-corrected chi connectivity index (χ2v) is 9.20. The quantitative estimate of drug-likeness (QED) is 0.285. The number of hydrogen-bond acceptors (Lipinski definition) is 9. The van der Waals surface area contributed by atoms with Crippen LogP contribution < -0.4 is 10.1 Å². The van der Waals surface area contributed by atoms with Crippen LogP contribution in [0.1, 0.15) is 23.8 Å². The van der Waals surface area contributed by atoms with E-state index in [2.05, 4.69) is 32.3 Å². The molecule has 164 valence electrons. The van der Waals surface area contributed by atoms with Crippen LogP contribution in [0.2, 0.25) is 0 Å². The minimum atomic E-state index is -0.170. The van der Waals surface area contributed by atoms with E-state index in [1.807, 2.05) is 28.8 Å². The van der Waals surface area contributed by atoms with Crippen LogP contribution in [0.5, 0.6) is 5.75 Å². The highest BCUT2D eigenvalue weighted by molar-refractivity contribution is 7.99. The van der Waals surface area contributed by atoms with Crippen LogP contribution >= 0.6 is 23.1 Å². The molecule has 0 atom stereocenters. The maximum absolute atomic E-state index is 12.4. The lowest BCUT2D eigenvalue weighted by molar-refractivity contribution is -0.113. The first-order valence-corrected chi connectivity index (χ1v) is 11.8. The molecule has 1 saturated carbocycles. The van der Waals surface area contributed by atoms with Crippen molar-refractivity contribution in [3.05, 3.63) is 41.9 Å². The van der Waals surface area contributed by atoms with Gasteiger partial charge in [-0.05, 0) is 25.0 Å². The Morgan fingerprint density at radius 1 is 1.38 bits per heavy atom. The van der Waals surface area contributed by atoms with Crippen molar-refractivity contribution in [2.75, 3.05) is 18.2 Å². The lowest BCUT2D eigenvalue weighted by Gasteiger charge is -2.06. The first-order valence-electron chi connectivity index (χ1n) is 10.0. The minimum absolute atomic E-state index is 0.168. The van der Waals surface area contributed by atoms with Crippen LogP contribution in [0, 0.1) is 0 Å². The molecule has 3 heterocycles. The third kappa shape index (κ3) is 4.13. The molecule has 3 aromatic heterocycles. The SMILES string of the molecule is C=CCn1c(SCC(=O)Nc2nnc(C3CC3)s2)nnc1-c1cc2cccc(OC)c2o1. The summed E-state index contributed by atoms with van der Waals surface area (Å²) >= 11 is 2.73. The molecule has 0 spiro atoms. The number of allylic oxidation sites excluding steroid dienone is 1. The fourth-order valence-corrected chi connectivity index (χ4v) is 4.92. The zero-order valence-corrected chi connectivity index (χ0v) is 18.9. The highest BCUT2D eigenvalue weighted by Crippen LogP contribution is 2.42. The molecule has 1 aliphatic carbocycles. The Kier molecular flexibility index (Phi) is 5.66. The molecule has 1 N–H and O–H groups in total. The van der Waals surface area contributed by atoms with Crippen LogP contribution in [0.4, 0.5) is 5.13 Å². The summed E-state index contributed by atoms with van der Waals surface area (Å²) < 4.78 is 13.3. The molecule has 32 heavy (non-hydrogen) atoms. The molecule has 0 saturated heterocycles. The van der Waals surface area contributed by atoms with Gasteiger partial charge in [-0.2, -0.15) is 0 Å². The minimum Gasteiger partial charge on any atom is -0.493 e. The Morgan fingerprint density at radius 3 is 3.03 bits per heavy atom. The first-order chi connectivity index (χ1) is 15.7. The third-order valence-electron chi connectivity index (χ3n) is 4.92. The zero-order chi connectivity index (χ0) is 22.1. The van der Waals surface area contributed by atoms with Gasteiger partial charge >= 0.3 is 0 Å². The van der Waals surface area contributed by atoms with Gasteiger partial charge in [0.15, 0.2) is 22.2 Å². The molecule has 0 radical (unpaired) electrons. The van der Waals surface area contributed by atoms with Crippen LogP contribution in [0.3, 0.4) is 0 Å². The molecule has 0 unspecified atom stereocenters. The number of hydrogen-bond donors (Lipinski definition) is 1. The molecule has 11 heteroatoms. The number of carbonyl (C=O) groups excluding carboxylic acids is 1. The average Bonchev–Trinajstić information content (AvgIpc) is 3.19. The highest BCUT2D eigenvalue weighted by atomic mass is 32.2. The third-order valence-corrected chi connectivity index (χ3v) is 6.89. The van der Waals surface area contributed by atoms with Crippen LogP contribution in [-0.2, 0) is 11.3 Å². The molecular formula is C21H20N6O3S2. The predicted molar refractivity (Wildman–Crippen MR) is 123 cm³/mol. The topological polar surface area (TPSA) is 108 Å². The van der Waals surface area contributed by atoms with E-state index in [0.717, 1.165) is 23.2 Å². The van der Waals surface area contributed by atoms with Gasteiger partial charge in [0.25, 0.3) is 0 Å². The van der Waals surface area contributed by atoms with Gasteiger partial charge in [-0.3, -0.25) is 14.7 Å². The molecule has 1 amide bonds. The number of fused-ring (bicyclic) bond motifs is 1. The normalized spacial score (nSPS) is 13.4. The second-order valence-electron chi connectivity index (χ2n) is 7.25. The van der Waals surface area contributed by atoms with E-state index in [9.17, 15) is 4.79 Å². The highest BCUT2D eigenvalue weighted by Gasteiger charge is 2.28. The number of aromatic nitrogens is 5. The van der Waals surface area contributed by atoms with E-state index in [4.69, 9.17) is 9.15 Å². The fourth-order valence-electron chi connectivity index (χ4n) is 3.24. The summed E-state index contributed by atoms with van der Waals surface area (Å²) in [6.45, 7) is 4.30. The summed E-state index contributed by atoms with van der Waals surface area (Å²) in [7, 11) is 1.60. The van der Waals surface area contributed by atoms with Crippen molar-refractivity contribution >= 4 is 45.1 Å². The number of nitrogens with one attached hydrogen (secondary N) is 1. The molecule has 0 bridgehead atoms. The van der Waals surface area contributed by atoms with E-state index >= 15 is 0 Å². The standard InChI is InChI=1S/C21H20N6O3S2/c1-3-9-27-18(15-10-13-5-4-6-14(29-2)17(13)30-15)23-26-21(27)31-11-16(28)22-20-25-24-19(32-20)12-7-8-12/h3-6,10,12H,1,7-9,11H2,2H3,(H,22,25,28). The first kappa shape index (κ1) is 20.7. The van der Waals surface area contributed by atoms with Gasteiger partial charge < -0.3 is 9.15 Å². The number of para-hydroxylation sites is 1. The Morgan fingerprint density at radius 2 is 2.25 bits per heavy atom. The summed E-state index contributed by atoms with van der Waals surface area (Å²) in [5.41, 5.74) is 0.648. The number of amides is 1. The maximum atomic E-state index is 12.4. The molecule has 5 rings (SSSR count). The van der Waals surface area contributed by atoms with Crippen molar-refractivity contribution in [1.29, 1.82) is 0 Å². The van der Waals surface area contributed by atoms with E-state index in [1.54, 1.807) is 13.2 Å². The summed E-state index contributed by atoms with van der Waals surface area (Å²) in [5.74, 6) is 2.29. The number of anilines is 1. The van der Waals surface area contributed by atoms with Gasteiger partial charge in [0.05, 0.1) is 12.9 Å². The lowest BCUT2D eigenvalue weighted by Crippen LogP contribution is -2.14. The summed E-state index contributed by atoms with van der Waals surface area (Å²) in [4.78, 5) is 12.4. The Bertz CT molecular complexity index is 1290. The molecule has 4 aromatic rings. The Hall–Kier alpha value is -3.18. The Balaban J connectivity index is 1.32. The van der Waals surface area contributed by atoms with Gasteiger partial charge in [0.2, 0.25) is 16.9 Å². The van der Waals surface area contributed by atoms with Crippen molar-refractivity contribution in [3.8, 4) is 17.3 Å². The number of benzene rings is 1. The van der Waals surface area contributed by atoms with Crippen molar-refractivity contribution in [2.45, 2.75) is 30.5 Å². The molecule has 1 aromatic carbocycles. The zero-order valence-electron chi connectivity index (χ0n) is 17.3. The number of carbonyl (C=O) groups is 1. The van der Waals surface area contributed by atoms with Gasteiger partial charge in [-0.15, -0.1) is 27.0 Å². The van der Waals surface area contributed by atoms with Gasteiger partial charge in [-0.1, -0.05) is 41.3 Å².